The van der Waals surface area contributed by atoms with Crippen LogP contribution in [0, 0.1) is 5.92 Å². The fraction of sp³-hybridized carbons (Fsp3) is 0.317. The molecule has 19 heteroatoms. The number of benzene rings is 3. The van der Waals surface area contributed by atoms with Crippen LogP contribution in [-0.4, -0.2) is 113 Å². The van der Waals surface area contributed by atoms with E-state index in [0.717, 1.165) is 18.2 Å². The lowest BCUT2D eigenvalue weighted by atomic mass is 9.63. The Labute approximate surface area is 339 Å². The maximum Gasteiger partial charge on any atom is 0.336 e. The van der Waals surface area contributed by atoms with Crippen LogP contribution in [0.15, 0.2) is 94.2 Å². The average Bonchev–Trinajstić information content (AvgIpc) is 3.92. The van der Waals surface area contributed by atoms with Crippen molar-refractivity contribution in [3.63, 3.8) is 0 Å². The maximum absolute atomic E-state index is 13.7. The molecule has 2 aliphatic heterocycles. The predicted octanol–water partition coefficient (Wildman–Crippen LogP) is 0.550. The predicted molar refractivity (Wildman–Crippen MR) is 209 cm³/mol. The van der Waals surface area contributed by atoms with Crippen LogP contribution in [0.25, 0.3) is 22.3 Å². The number of nitrogens with one attached hydrogen (secondary N) is 3. The molecule has 0 spiro atoms. The number of carbonyl (C=O) groups is 1. The first-order valence-corrected chi connectivity index (χ1v) is 18.8. The van der Waals surface area contributed by atoms with Crippen molar-refractivity contribution in [3.05, 3.63) is 106 Å². The Morgan fingerprint density at radius 3 is 2.50 bits per heavy atom. The number of aromatic amines is 1. The van der Waals surface area contributed by atoms with Crippen molar-refractivity contribution in [2.24, 2.45) is 5.92 Å². The number of aromatic nitrogens is 1. The Morgan fingerprint density at radius 1 is 1.05 bits per heavy atom. The molecule has 8 rings (SSSR count). The zero-order valence-electron chi connectivity index (χ0n) is 31.5. The van der Waals surface area contributed by atoms with Crippen LogP contribution in [0.2, 0.25) is 0 Å². The van der Waals surface area contributed by atoms with Crippen LogP contribution in [0.5, 0.6) is 28.7 Å². The number of nitrogen functional groups attached to an aromatic ring is 1. The first-order valence-electron chi connectivity index (χ1n) is 18.8. The third-order valence-corrected chi connectivity index (χ3v) is 11.0. The van der Waals surface area contributed by atoms with E-state index in [0.29, 0.717) is 35.9 Å². The molecule has 3 aromatic carbocycles. The van der Waals surface area contributed by atoms with Crippen LogP contribution in [0.1, 0.15) is 17.4 Å². The minimum atomic E-state index is -2.57. The first kappa shape index (κ1) is 40.6. The van der Waals surface area contributed by atoms with E-state index in [9.17, 15) is 50.4 Å². The van der Waals surface area contributed by atoms with Crippen LogP contribution in [-0.2, 0) is 16.1 Å². The second-order valence-corrected chi connectivity index (χ2v) is 14.8. The van der Waals surface area contributed by atoms with Gasteiger partial charge in [0.2, 0.25) is 12.0 Å². The molecule has 2 aromatic heterocycles. The smallest absolute Gasteiger partial charge is 0.336 e. The molecule has 2 bridgehead atoms. The number of hydrogen-bond acceptors (Lipinski definition) is 17. The largest absolute Gasteiger partial charge is 0.508 e. The molecule has 4 heterocycles. The van der Waals surface area contributed by atoms with E-state index < -0.39 is 89.1 Å². The number of aromatic hydroxyl groups is 2. The van der Waals surface area contributed by atoms with Crippen molar-refractivity contribution < 1.29 is 69.0 Å². The fourth-order valence-electron chi connectivity index (χ4n) is 7.94. The normalized spacial score (nSPS) is 27.1. The summed E-state index contributed by atoms with van der Waals surface area (Å²) in [5, 5.41) is 93.8. The lowest BCUT2D eigenvalue weighted by Gasteiger charge is -2.56. The molecule has 13 N–H and O–H groups in total. The quantitative estimate of drug-likeness (QED) is 0.0721. The van der Waals surface area contributed by atoms with Crippen molar-refractivity contribution in [2.45, 2.75) is 54.6 Å². The molecule has 3 aliphatic rings. The second-order valence-electron chi connectivity index (χ2n) is 14.8. The van der Waals surface area contributed by atoms with Gasteiger partial charge in [-0.2, -0.15) is 0 Å². The number of aliphatic hydroxyl groups excluding tert-OH is 3. The van der Waals surface area contributed by atoms with Gasteiger partial charge in [-0.1, -0.05) is 18.2 Å². The Morgan fingerprint density at radius 2 is 1.83 bits per heavy atom. The molecule has 1 aliphatic carbocycles. The molecule has 0 radical (unpaired) electrons. The summed E-state index contributed by atoms with van der Waals surface area (Å²) in [6.45, 7) is -0.169. The molecule has 0 amide bonds. The van der Waals surface area contributed by atoms with Crippen molar-refractivity contribution in [1.29, 1.82) is 0 Å². The number of anilines is 1. The van der Waals surface area contributed by atoms with E-state index in [1.54, 1.807) is 24.3 Å². The van der Waals surface area contributed by atoms with Gasteiger partial charge in [-0.15, -0.1) is 0 Å². The monoisotopic (exact) mass is 830 g/mol. The number of carboxylic acid groups (broad SMARTS) is 1. The minimum Gasteiger partial charge on any atom is -0.508 e. The maximum atomic E-state index is 13.7. The summed E-state index contributed by atoms with van der Waals surface area (Å²) in [5.74, 6) is -3.87. The number of H-pyrrole nitrogens is 1. The molecule has 5 aromatic rings. The minimum absolute atomic E-state index is 0.00803. The topological polar surface area (TPSA) is 312 Å². The Kier molecular flexibility index (Phi) is 10.7. The highest BCUT2D eigenvalue weighted by atomic mass is 16.7. The lowest BCUT2D eigenvalue weighted by Crippen LogP contribution is -2.79. The number of rotatable bonds is 13. The number of aliphatic carboxylic acids is 1. The third kappa shape index (κ3) is 7.16. The van der Waals surface area contributed by atoms with Gasteiger partial charge >= 0.3 is 5.97 Å². The number of phenols is 2. The summed E-state index contributed by atoms with van der Waals surface area (Å²) in [6, 6.07) is 16.9. The summed E-state index contributed by atoms with van der Waals surface area (Å²) >= 11 is 0. The number of carboxylic acids is 1. The molecular weight excluding hydrogens is 788 g/mol. The molecule has 0 saturated carbocycles. The van der Waals surface area contributed by atoms with Crippen LogP contribution < -0.4 is 36.0 Å². The van der Waals surface area contributed by atoms with E-state index in [4.69, 9.17) is 29.1 Å². The third-order valence-electron chi connectivity index (χ3n) is 11.0. The number of ether oxygens (including phenoxy) is 4. The summed E-state index contributed by atoms with van der Waals surface area (Å²) in [7, 11) is 0. The number of hydrogen-bond donors (Lipinski definition) is 12. The van der Waals surface area contributed by atoms with Gasteiger partial charge in [0.1, 0.15) is 58.5 Å². The summed E-state index contributed by atoms with van der Waals surface area (Å²) in [5.41, 5.74) is 0.748. The summed E-state index contributed by atoms with van der Waals surface area (Å²) in [6.07, 6.45) is -6.15. The zero-order chi connectivity index (χ0) is 42.5. The molecule has 9 unspecified atom stereocenters. The molecule has 2 saturated heterocycles. The zero-order valence-corrected chi connectivity index (χ0v) is 31.5. The number of nitrogens with two attached hydrogens (primary N) is 1. The molecular formula is C41H42N4O15. The highest BCUT2D eigenvalue weighted by molar-refractivity contribution is 5.89. The van der Waals surface area contributed by atoms with E-state index in [1.807, 2.05) is 0 Å². The van der Waals surface area contributed by atoms with Gasteiger partial charge in [0, 0.05) is 48.6 Å². The van der Waals surface area contributed by atoms with Crippen LogP contribution in [0.3, 0.4) is 0 Å². The van der Waals surface area contributed by atoms with Gasteiger partial charge < -0.3 is 80.3 Å². The molecule has 9 atom stereocenters. The van der Waals surface area contributed by atoms with Gasteiger partial charge in [0.25, 0.3) is 0 Å². The highest BCUT2D eigenvalue weighted by Gasteiger charge is 2.70. The van der Waals surface area contributed by atoms with Crippen LogP contribution in [0.4, 0.5) is 5.82 Å². The Balaban J connectivity index is 1.15. The van der Waals surface area contributed by atoms with E-state index in [1.165, 1.54) is 42.5 Å². The van der Waals surface area contributed by atoms with Crippen molar-refractivity contribution in [3.8, 4) is 40.1 Å². The summed E-state index contributed by atoms with van der Waals surface area (Å²) < 4.78 is 29.7. The summed E-state index contributed by atoms with van der Waals surface area (Å²) in [4.78, 5) is 29.2. The fourth-order valence-corrected chi connectivity index (χ4v) is 7.94. The number of aliphatic hydroxyl groups is 5. The van der Waals surface area contributed by atoms with E-state index in [-0.39, 0.29) is 34.8 Å². The number of phenolic OH excluding ortho intramolecular Hbond substituents is 2. The Bertz CT molecular complexity index is 2480. The standard InChI is InChI=1S/C41H42N4O15/c42-31-9-8-24(45-31)33(49)30(16-46)57-22-6-4-20(5-7-22)27-13-26(48)32-28(58-27)14-29(35(34(32)50)56-17-19-2-1-3-21(47)12-19)59-39-40(54)11-10-23(25-15-43-18-44-25)41(55,38(40)53)36(60-39)37(51)52/h1-14,23,25,30,33,36,38-39,43-47,49-50,53-55H,15-18,42H2,(H,51,52). The van der Waals surface area contributed by atoms with Gasteiger partial charge in [-0.3, -0.25) is 10.1 Å². The van der Waals surface area contributed by atoms with Gasteiger partial charge in [-0.05, 0) is 60.2 Å². The lowest BCUT2D eigenvalue weighted by molar-refractivity contribution is -0.342. The van der Waals surface area contributed by atoms with Crippen molar-refractivity contribution in [2.75, 3.05) is 25.6 Å². The molecule has 2 fully saturated rings. The van der Waals surface area contributed by atoms with Crippen LogP contribution >= 0.6 is 0 Å². The first-order chi connectivity index (χ1) is 28.7. The molecule has 316 valence electrons. The van der Waals surface area contributed by atoms with E-state index >= 15 is 0 Å². The van der Waals surface area contributed by atoms with Gasteiger partial charge in [0.15, 0.2) is 34.7 Å². The van der Waals surface area contributed by atoms with Crippen molar-refractivity contribution >= 4 is 22.8 Å². The number of fused-ring (bicyclic) bond motifs is 3. The second kappa shape index (κ2) is 15.8. The highest BCUT2D eigenvalue weighted by Crippen LogP contribution is 2.50. The Hall–Kier alpha value is -6.16. The van der Waals surface area contributed by atoms with Crippen molar-refractivity contribution in [1.82, 2.24) is 15.6 Å². The van der Waals surface area contributed by atoms with Gasteiger partial charge in [-0.25, -0.2) is 4.79 Å². The molecule has 60 heavy (non-hydrogen) atoms. The van der Waals surface area contributed by atoms with E-state index in [2.05, 4.69) is 15.6 Å². The van der Waals surface area contributed by atoms with Gasteiger partial charge in [0.05, 0.1) is 6.61 Å². The molecule has 19 nitrogen and oxygen atoms in total. The average molecular weight is 831 g/mol. The SMILES string of the molecule is Nc1ccc(C(O)C(CO)Oc2ccc(-c3cc(=O)c4c(O)c(OCc5cccc(O)c5)c(OC5OC(C(=O)O)C6(O)C(C7CNCN7)C=CC5(O)C6O)cc4o3)cc2)[nH]1.